The Balaban J connectivity index is 1.15. The fraction of sp³-hybridized carbons (Fsp3) is 0.262. The smallest absolute Gasteiger partial charge is 0.163 e. The molecule has 3 atom stereocenters. The van der Waals surface area contributed by atoms with E-state index in [1.807, 2.05) is 0 Å². The lowest BCUT2D eigenvalue weighted by Crippen LogP contribution is -2.19. The Labute approximate surface area is 265 Å². The third kappa shape index (κ3) is 4.35. The van der Waals surface area contributed by atoms with Gasteiger partial charge in [-0.05, 0) is 82.2 Å². The van der Waals surface area contributed by atoms with E-state index < -0.39 is 0 Å². The van der Waals surface area contributed by atoms with Gasteiger partial charge in [-0.3, -0.25) is 0 Å². The molecule has 0 N–H and O–H groups in total. The summed E-state index contributed by atoms with van der Waals surface area (Å²) >= 11 is 0. The maximum absolute atomic E-state index is 5.25. The van der Waals surface area contributed by atoms with Crippen molar-refractivity contribution in [3.8, 4) is 0 Å². The minimum absolute atomic E-state index is 0.0559. The number of allylic oxidation sites excluding steroid dienone is 11. The Hall–Kier alpha value is -4.63. The average molecular weight is 584 g/mol. The molecule has 0 saturated heterocycles. The highest BCUT2D eigenvalue weighted by Crippen LogP contribution is 2.56. The average Bonchev–Trinajstić information content (AvgIpc) is 3.33. The molecule has 5 aliphatic carbocycles. The second-order valence-electron chi connectivity index (χ2n) is 13.9. The summed E-state index contributed by atoms with van der Waals surface area (Å²) in [7, 11) is 0. The number of hydrogen-bond acceptors (Lipinski definition) is 3. The van der Waals surface area contributed by atoms with Crippen LogP contribution in [0.25, 0.3) is 28.0 Å². The van der Waals surface area contributed by atoms with Crippen LogP contribution in [0.3, 0.4) is 0 Å². The van der Waals surface area contributed by atoms with Gasteiger partial charge in [0.15, 0.2) is 11.6 Å². The molecular weight excluding hydrogens is 546 g/mol. The van der Waals surface area contributed by atoms with Crippen molar-refractivity contribution in [2.24, 2.45) is 5.92 Å². The van der Waals surface area contributed by atoms with E-state index in [1.165, 1.54) is 56.2 Å². The monoisotopic (exact) mass is 583 g/mol. The standard InChI is InChI=1S/C42H37N3/c1-42(2)36-22-20-28-11-7-8-14-34(28)38(36)35-21-19-33(25-37(35)42)41-44-39(31-17-15-26-9-3-5-12-29(26)23-31)43-40(45-41)32-18-16-27-10-4-6-13-30(27)24-32/h3-5,7-12,14-20,22,25,30-31,35H,6,13,21,23-24H2,1-2H3/t30?,31-,35?/m0/s1. The summed E-state index contributed by atoms with van der Waals surface area (Å²) in [4.78, 5) is 15.7. The van der Waals surface area contributed by atoms with Crippen LogP contribution in [0.5, 0.6) is 0 Å². The largest absolute Gasteiger partial charge is 0.213 e. The highest BCUT2D eigenvalue weighted by molar-refractivity contribution is 5.91. The summed E-state index contributed by atoms with van der Waals surface area (Å²) in [6.45, 7) is 4.78. The molecule has 0 bridgehead atoms. The molecule has 3 nitrogen and oxygen atoms in total. The number of benzene rings is 3. The first-order chi connectivity index (χ1) is 22.0. The van der Waals surface area contributed by atoms with Crippen molar-refractivity contribution in [2.45, 2.75) is 63.2 Å². The predicted octanol–water partition coefficient (Wildman–Crippen LogP) is 9.85. The van der Waals surface area contributed by atoms with Crippen LogP contribution in [-0.2, 0) is 11.8 Å². The molecule has 9 rings (SSSR count). The molecule has 220 valence electrons. The zero-order valence-electron chi connectivity index (χ0n) is 26.0. The van der Waals surface area contributed by atoms with Gasteiger partial charge in [0.05, 0.1) is 0 Å². The molecule has 1 aromatic heterocycles. The van der Waals surface area contributed by atoms with E-state index in [4.69, 9.17) is 15.0 Å². The summed E-state index contributed by atoms with van der Waals surface area (Å²) in [6, 6.07) is 22.2. The molecule has 45 heavy (non-hydrogen) atoms. The lowest BCUT2D eigenvalue weighted by molar-refractivity contribution is 0.570. The first kappa shape index (κ1) is 26.7. The highest BCUT2D eigenvalue weighted by Gasteiger charge is 2.43. The van der Waals surface area contributed by atoms with Gasteiger partial charge in [-0.25, -0.2) is 15.0 Å². The van der Waals surface area contributed by atoms with Gasteiger partial charge in [-0.15, -0.1) is 0 Å². The zero-order valence-corrected chi connectivity index (χ0v) is 26.0. The highest BCUT2D eigenvalue weighted by atomic mass is 15.0. The summed E-state index contributed by atoms with van der Waals surface area (Å²) in [6.07, 6.45) is 23.7. The Bertz CT molecular complexity index is 2080. The number of aromatic nitrogens is 3. The van der Waals surface area contributed by atoms with Crippen LogP contribution in [0.2, 0.25) is 0 Å². The van der Waals surface area contributed by atoms with Crippen molar-refractivity contribution in [3.05, 3.63) is 154 Å². The molecule has 4 aromatic rings. The number of hydrogen-bond donors (Lipinski definition) is 0. The van der Waals surface area contributed by atoms with Gasteiger partial charge in [0.1, 0.15) is 5.82 Å². The first-order valence-corrected chi connectivity index (χ1v) is 16.6. The van der Waals surface area contributed by atoms with Crippen LogP contribution >= 0.6 is 0 Å². The van der Waals surface area contributed by atoms with E-state index in [-0.39, 0.29) is 11.3 Å². The van der Waals surface area contributed by atoms with Crippen molar-refractivity contribution in [2.75, 3.05) is 0 Å². The Kier molecular flexibility index (Phi) is 6.06. The molecule has 0 saturated carbocycles. The molecule has 0 spiro atoms. The van der Waals surface area contributed by atoms with E-state index >= 15 is 0 Å². The lowest BCUT2D eigenvalue weighted by Gasteiger charge is -2.27. The fourth-order valence-electron chi connectivity index (χ4n) is 8.46. The molecule has 5 aliphatic rings. The van der Waals surface area contributed by atoms with Gasteiger partial charge in [0, 0.05) is 22.8 Å². The minimum Gasteiger partial charge on any atom is -0.213 e. The van der Waals surface area contributed by atoms with Gasteiger partial charge < -0.3 is 0 Å². The van der Waals surface area contributed by atoms with Crippen molar-refractivity contribution >= 4 is 28.0 Å². The molecule has 0 radical (unpaired) electrons. The normalized spacial score (nSPS) is 24.1. The van der Waals surface area contributed by atoms with E-state index in [2.05, 4.69) is 123 Å². The maximum atomic E-state index is 5.25. The molecule has 3 aromatic carbocycles. The van der Waals surface area contributed by atoms with Crippen molar-refractivity contribution in [1.82, 2.24) is 15.0 Å². The molecular formula is C42H37N3. The second kappa shape index (κ2) is 10.2. The van der Waals surface area contributed by atoms with Gasteiger partial charge >= 0.3 is 0 Å². The second-order valence-corrected chi connectivity index (χ2v) is 13.9. The summed E-state index contributed by atoms with van der Waals surface area (Å²) in [5.41, 5.74) is 10.8. The van der Waals surface area contributed by atoms with Crippen LogP contribution in [0.4, 0.5) is 0 Å². The minimum atomic E-state index is -0.0559. The van der Waals surface area contributed by atoms with Gasteiger partial charge in [-0.2, -0.15) is 0 Å². The molecule has 0 amide bonds. The van der Waals surface area contributed by atoms with E-state index in [9.17, 15) is 0 Å². The van der Waals surface area contributed by atoms with Gasteiger partial charge in [-0.1, -0.05) is 129 Å². The van der Waals surface area contributed by atoms with Crippen molar-refractivity contribution < 1.29 is 0 Å². The Morgan fingerprint density at radius 3 is 2.64 bits per heavy atom. The van der Waals surface area contributed by atoms with E-state index in [0.717, 1.165) is 48.7 Å². The summed E-state index contributed by atoms with van der Waals surface area (Å²) in [5, 5.41) is 2.71. The summed E-state index contributed by atoms with van der Waals surface area (Å²) < 4.78 is 0. The van der Waals surface area contributed by atoms with Crippen LogP contribution in [0, 0.1) is 5.92 Å². The molecule has 1 heterocycles. The van der Waals surface area contributed by atoms with Crippen molar-refractivity contribution in [1.29, 1.82) is 0 Å². The van der Waals surface area contributed by atoms with Gasteiger partial charge in [0.25, 0.3) is 0 Å². The molecule has 2 unspecified atom stereocenters. The third-order valence-corrected chi connectivity index (χ3v) is 10.9. The maximum Gasteiger partial charge on any atom is 0.163 e. The number of fused-ring (bicyclic) bond motifs is 7. The Morgan fingerprint density at radius 1 is 0.822 bits per heavy atom. The SMILES string of the molecule is CC1(C)C2=CC(c3nc(C4=CC=C5C=CCCC5C4)nc([C@H]4C=Cc5ccccc5C4)n3)=CCC2c2c1ccc1ccccc21. The van der Waals surface area contributed by atoms with Gasteiger partial charge in [0.2, 0.25) is 0 Å². The predicted molar refractivity (Wildman–Crippen MR) is 185 cm³/mol. The van der Waals surface area contributed by atoms with Crippen molar-refractivity contribution in [3.63, 3.8) is 0 Å². The fourth-order valence-corrected chi connectivity index (χ4v) is 8.46. The van der Waals surface area contributed by atoms with Crippen LogP contribution in [0.15, 0.2) is 114 Å². The zero-order chi connectivity index (χ0) is 30.1. The third-order valence-electron chi connectivity index (χ3n) is 10.9. The van der Waals surface area contributed by atoms with Crippen LogP contribution in [0.1, 0.15) is 91.1 Å². The number of rotatable bonds is 3. The first-order valence-electron chi connectivity index (χ1n) is 16.6. The molecule has 3 heteroatoms. The topological polar surface area (TPSA) is 38.7 Å². The van der Waals surface area contributed by atoms with Crippen LogP contribution < -0.4 is 0 Å². The molecule has 0 aliphatic heterocycles. The number of nitrogens with zero attached hydrogens (tertiary/aromatic N) is 3. The van der Waals surface area contributed by atoms with E-state index in [1.54, 1.807) is 0 Å². The van der Waals surface area contributed by atoms with Crippen LogP contribution in [-0.4, -0.2) is 15.0 Å². The van der Waals surface area contributed by atoms with E-state index in [0.29, 0.717) is 11.8 Å². The quantitative estimate of drug-likeness (QED) is 0.241. The Morgan fingerprint density at radius 2 is 1.69 bits per heavy atom. The lowest BCUT2D eigenvalue weighted by atomic mass is 9.77. The summed E-state index contributed by atoms with van der Waals surface area (Å²) in [5.74, 6) is 3.58. The molecule has 0 fully saturated rings.